The molecule has 0 saturated heterocycles. The van der Waals surface area contributed by atoms with Crippen LogP contribution in [0.15, 0.2) is 6.07 Å². The van der Waals surface area contributed by atoms with E-state index < -0.39 is 17.9 Å². The van der Waals surface area contributed by atoms with Gasteiger partial charge in [-0.2, -0.15) is 5.10 Å². The number of aromatic nitrogens is 3. The molecule has 2 heterocycles. The lowest BCUT2D eigenvalue weighted by Gasteiger charge is -2.18. The van der Waals surface area contributed by atoms with Crippen LogP contribution in [-0.4, -0.2) is 37.8 Å². The molecule has 2 N–H and O–H groups in total. The Hall–Kier alpha value is -2.44. The van der Waals surface area contributed by atoms with Crippen LogP contribution in [0.2, 0.25) is 0 Å². The van der Waals surface area contributed by atoms with Crippen LogP contribution < -0.4 is 5.32 Å². The van der Waals surface area contributed by atoms with Gasteiger partial charge in [0.25, 0.3) is 5.91 Å². The van der Waals surface area contributed by atoms with Crippen molar-refractivity contribution in [1.29, 1.82) is 0 Å². The van der Waals surface area contributed by atoms with Crippen molar-refractivity contribution < 1.29 is 14.7 Å². The van der Waals surface area contributed by atoms with E-state index >= 15 is 0 Å². The van der Waals surface area contributed by atoms with Gasteiger partial charge in [0.1, 0.15) is 6.04 Å². The third-order valence-corrected chi connectivity index (χ3v) is 3.56. The van der Waals surface area contributed by atoms with Crippen molar-refractivity contribution in [3.63, 3.8) is 0 Å². The Morgan fingerprint density at radius 3 is 2.50 bits per heavy atom. The van der Waals surface area contributed by atoms with Crippen molar-refractivity contribution in [2.75, 3.05) is 0 Å². The van der Waals surface area contributed by atoms with Crippen LogP contribution in [0.3, 0.4) is 0 Å². The van der Waals surface area contributed by atoms with E-state index in [0.29, 0.717) is 28.0 Å². The first-order chi connectivity index (χ1) is 10.2. The smallest absolute Gasteiger partial charge is 0.326 e. The van der Waals surface area contributed by atoms with Crippen molar-refractivity contribution in [3.8, 4) is 0 Å². The third kappa shape index (κ3) is 2.79. The molecule has 0 fully saturated rings. The lowest BCUT2D eigenvalue weighted by Crippen LogP contribution is -2.44. The maximum Gasteiger partial charge on any atom is 0.326 e. The Bertz CT molecular complexity index is 749. The first-order valence-electron chi connectivity index (χ1n) is 7.07. The Balaban J connectivity index is 2.50. The van der Waals surface area contributed by atoms with E-state index in [9.17, 15) is 14.7 Å². The zero-order chi connectivity index (χ0) is 16.6. The van der Waals surface area contributed by atoms with Gasteiger partial charge in [-0.1, -0.05) is 13.8 Å². The highest BCUT2D eigenvalue weighted by atomic mass is 16.4. The first-order valence-corrected chi connectivity index (χ1v) is 7.07. The summed E-state index contributed by atoms with van der Waals surface area (Å²) in [5.74, 6) is -1.68. The van der Waals surface area contributed by atoms with Crippen molar-refractivity contribution >= 4 is 22.9 Å². The van der Waals surface area contributed by atoms with Gasteiger partial charge in [0.2, 0.25) is 0 Å². The normalized spacial score (nSPS) is 12.6. The molecule has 0 aliphatic carbocycles. The molecule has 0 unspecified atom stereocenters. The summed E-state index contributed by atoms with van der Waals surface area (Å²) in [6.07, 6.45) is 0. The van der Waals surface area contributed by atoms with Crippen LogP contribution in [0.4, 0.5) is 0 Å². The predicted octanol–water partition coefficient (Wildman–Crippen LogP) is 1.42. The van der Waals surface area contributed by atoms with E-state index in [1.807, 2.05) is 0 Å². The number of carboxylic acid groups (broad SMARTS) is 1. The van der Waals surface area contributed by atoms with Gasteiger partial charge in [0, 0.05) is 12.7 Å². The van der Waals surface area contributed by atoms with Gasteiger partial charge in [-0.25, -0.2) is 9.78 Å². The second kappa shape index (κ2) is 5.75. The molecule has 1 amide bonds. The number of aryl methyl sites for hydroxylation is 3. The molecule has 0 saturated carbocycles. The number of hydrogen-bond acceptors (Lipinski definition) is 4. The van der Waals surface area contributed by atoms with E-state index in [0.717, 1.165) is 0 Å². The van der Waals surface area contributed by atoms with Crippen molar-refractivity contribution in [2.45, 2.75) is 33.7 Å². The zero-order valence-electron chi connectivity index (χ0n) is 13.3. The number of amides is 1. The molecule has 0 aliphatic rings. The molecule has 2 aromatic heterocycles. The average Bonchev–Trinajstić information content (AvgIpc) is 2.69. The summed E-state index contributed by atoms with van der Waals surface area (Å²) in [5.41, 5.74) is 2.38. The average molecular weight is 304 g/mol. The highest BCUT2D eigenvalue weighted by molar-refractivity contribution is 6.07. The van der Waals surface area contributed by atoms with E-state index in [-0.39, 0.29) is 5.92 Å². The fourth-order valence-corrected chi connectivity index (χ4v) is 2.48. The molecule has 2 rings (SSSR count). The predicted molar refractivity (Wildman–Crippen MR) is 81.7 cm³/mol. The number of nitrogens with one attached hydrogen (secondary N) is 1. The van der Waals surface area contributed by atoms with E-state index in [2.05, 4.69) is 15.4 Å². The number of pyridine rings is 1. The number of nitrogens with zero attached hydrogens (tertiary/aromatic N) is 3. The van der Waals surface area contributed by atoms with Gasteiger partial charge in [-0.05, 0) is 25.8 Å². The molecule has 118 valence electrons. The number of carboxylic acids is 1. The minimum Gasteiger partial charge on any atom is -0.480 e. The largest absolute Gasteiger partial charge is 0.480 e. The molecule has 7 heteroatoms. The molecule has 2 aromatic rings. The second-order valence-electron chi connectivity index (χ2n) is 5.75. The number of rotatable bonds is 4. The van der Waals surface area contributed by atoms with Gasteiger partial charge < -0.3 is 10.4 Å². The van der Waals surface area contributed by atoms with Crippen LogP contribution in [0.1, 0.15) is 35.6 Å². The number of fused-ring (bicyclic) bond motifs is 1. The van der Waals surface area contributed by atoms with Crippen LogP contribution in [-0.2, 0) is 11.8 Å². The summed E-state index contributed by atoms with van der Waals surface area (Å²) in [6.45, 7) is 7.09. The van der Waals surface area contributed by atoms with Gasteiger partial charge in [0.15, 0.2) is 5.65 Å². The molecule has 1 atom stereocenters. The van der Waals surface area contributed by atoms with Crippen LogP contribution in [0, 0.1) is 19.8 Å². The lowest BCUT2D eigenvalue weighted by molar-refractivity contribution is -0.140. The molecular weight excluding hydrogens is 284 g/mol. The summed E-state index contributed by atoms with van der Waals surface area (Å²) >= 11 is 0. The number of carbonyl (C=O) groups is 2. The Kier molecular flexibility index (Phi) is 4.16. The molecule has 0 bridgehead atoms. The SMILES string of the molecule is Cc1cc(C(=O)N[C@H](C(=O)O)C(C)C)c2c(C)nn(C)c2n1. The summed E-state index contributed by atoms with van der Waals surface area (Å²) in [4.78, 5) is 28.2. The van der Waals surface area contributed by atoms with Crippen molar-refractivity contribution in [3.05, 3.63) is 23.0 Å². The number of hydrogen-bond donors (Lipinski definition) is 2. The summed E-state index contributed by atoms with van der Waals surface area (Å²) < 4.78 is 1.62. The quantitative estimate of drug-likeness (QED) is 0.890. The topological polar surface area (TPSA) is 97.1 Å². The maximum absolute atomic E-state index is 12.6. The zero-order valence-corrected chi connectivity index (χ0v) is 13.3. The monoisotopic (exact) mass is 304 g/mol. The van der Waals surface area contributed by atoms with Gasteiger partial charge in [-0.3, -0.25) is 9.48 Å². The Labute approximate surface area is 128 Å². The molecule has 0 spiro atoms. The van der Waals surface area contributed by atoms with E-state index in [1.54, 1.807) is 45.5 Å². The highest BCUT2D eigenvalue weighted by Crippen LogP contribution is 2.22. The molecular formula is C15H20N4O3. The maximum atomic E-state index is 12.6. The minimum absolute atomic E-state index is 0.213. The first kappa shape index (κ1) is 15.9. The summed E-state index contributed by atoms with van der Waals surface area (Å²) in [7, 11) is 1.76. The molecule has 0 aliphatic heterocycles. The van der Waals surface area contributed by atoms with E-state index in [1.165, 1.54) is 0 Å². The van der Waals surface area contributed by atoms with Crippen LogP contribution >= 0.6 is 0 Å². The molecule has 7 nitrogen and oxygen atoms in total. The number of aliphatic carboxylic acids is 1. The summed E-state index contributed by atoms with van der Waals surface area (Å²) in [6, 6.07) is 0.721. The minimum atomic E-state index is -1.05. The second-order valence-corrected chi connectivity index (χ2v) is 5.75. The standard InChI is InChI=1S/C15H20N4O3/c1-7(2)12(15(21)22)17-14(20)10-6-8(3)16-13-11(10)9(4)18-19(13)5/h6-7,12H,1-5H3,(H,17,20)(H,21,22)/t12-/m0/s1. The van der Waals surface area contributed by atoms with Gasteiger partial charge >= 0.3 is 5.97 Å². The molecule has 22 heavy (non-hydrogen) atoms. The van der Waals surface area contributed by atoms with E-state index in [4.69, 9.17) is 0 Å². The fraction of sp³-hybridized carbons (Fsp3) is 0.467. The van der Waals surface area contributed by atoms with Crippen molar-refractivity contribution in [2.24, 2.45) is 13.0 Å². The highest BCUT2D eigenvalue weighted by Gasteiger charge is 2.26. The third-order valence-electron chi connectivity index (χ3n) is 3.56. The van der Waals surface area contributed by atoms with Gasteiger partial charge in [0.05, 0.1) is 16.6 Å². The Morgan fingerprint density at radius 2 is 1.95 bits per heavy atom. The Morgan fingerprint density at radius 1 is 1.32 bits per heavy atom. The van der Waals surface area contributed by atoms with Gasteiger partial charge in [-0.15, -0.1) is 0 Å². The molecule has 0 radical (unpaired) electrons. The summed E-state index contributed by atoms with van der Waals surface area (Å²) in [5, 5.41) is 16.7. The fourth-order valence-electron chi connectivity index (χ4n) is 2.48. The number of carbonyl (C=O) groups excluding carboxylic acids is 1. The van der Waals surface area contributed by atoms with Crippen LogP contribution in [0.5, 0.6) is 0 Å². The van der Waals surface area contributed by atoms with Crippen molar-refractivity contribution in [1.82, 2.24) is 20.1 Å². The van der Waals surface area contributed by atoms with Crippen LogP contribution in [0.25, 0.3) is 11.0 Å². The lowest BCUT2D eigenvalue weighted by atomic mass is 10.0. The molecule has 0 aromatic carbocycles.